The summed E-state index contributed by atoms with van der Waals surface area (Å²) in [4.78, 5) is 12.3. The highest BCUT2D eigenvalue weighted by Crippen LogP contribution is 2.26. The molecule has 0 aliphatic carbocycles. The van der Waals surface area contributed by atoms with E-state index in [1.807, 2.05) is 47.0 Å². The van der Waals surface area contributed by atoms with Gasteiger partial charge in [-0.1, -0.05) is 30.0 Å². The average Bonchev–Trinajstić information content (AvgIpc) is 3.38. The molecule has 8 heteroatoms. The number of phenols is 1. The molecule has 4 aromatic rings. The van der Waals surface area contributed by atoms with Crippen molar-refractivity contribution in [3.8, 4) is 17.1 Å². The van der Waals surface area contributed by atoms with E-state index in [-0.39, 0.29) is 17.4 Å². The van der Waals surface area contributed by atoms with Crippen LogP contribution in [0.3, 0.4) is 0 Å². The summed E-state index contributed by atoms with van der Waals surface area (Å²) in [6, 6.07) is 19.7. The van der Waals surface area contributed by atoms with Crippen LogP contribution in [0.2, 0.25) is 0 Å². The largest absolute Gasteiger partial charge is 0.508 e. The Balaban J connectivity index is 1.54. The molecule has 7 nitrogen and oxygen atoms in total. The fourth-order valence-corrected chi connectivity index (χ4v) is 3.51. The lowest BCUT2D eigenvalue weighted by Crippen LogP contribution is -2.14. The van der Waals surface area contributed by atoms with Crippen molar-refractivity contribution in [1.82, 2.24) is 14.8 Å². The molecular weight excluding hydrogens is 388 g/mol. The number of nitrogens with zero attached hydrogens (tertiary/aromatic N) is 3. The predicted octanol–water partition coefficient (Wildman–Crippen LogP) is 4.02. The standard InChI is InChI=1S/C21H18N4O3S/c26-17-10-8-15(9-11-17)20-23-24-21(25(20)13-18-7-4-12-28-18)29-14-19(27)22-16-5-2-1-3-6-16/h1-12,26H,13-14H2,(H,22,27). The molecule has 2 heterocycles. The summed E-state index contributed by atoms with van der Waals surface area (Å²) in [6.07, 6.45) is 1.61. The van der Waals surface area contributed by atoms with Gasteiger partial charge in [0.15, 0.2) is 11.0 Å². The summed E-state index contributed by atoms with van der Waals surface area (Å²) in [7, 11) is 0. The summed E-state index contributed by atoms with van der Waals surface area (Å²) in [5.41, 5.74) is 1.56. The first-order chi connectivity index (χ1) is 14.2. The number of anilines is 1. The lowest BCUT2D eigenvalue weighted by atomic mass is 10.2. The van der Waals surface area contributed by atoms with E-state index >= 15 is 0 Å². The SMILES string of the molecule is O=C(CSc1nnc(-c2ccc(O)cc2)n1Cc1ccco1)Nc1ccccc1. The third-order valence-electron chi connectivity index (χ3n) is 4.13. The molecule has 0 aliphatic heterocycles. The van der Waals surface area contributed by atoms with Crippen LogP contribution in [0, 0.1) is 0 Å². The van der Waals surface area contributed by atoms with Gasteiger partial charge in [0.2, 0.25) is 5.91 Å². The van der Waals surface area contributed by atoms with Gasteiger partial charge in [0.05, 0.1) is 18.6 Å². The van der Waals surface area contributed by atoms with Crippen molar-refractivity contribution in [2.45, 2.75) is 11.7 Å². The van der Waals surface area contributed by atoms with Gasteiger partial charge in [-0.15, -0.1) is 10.2 Å². The maximum Gasteiger partial charge on any atom is 0.234 e. The van der Waals surface area contributed by atoms with Crippen LogP contribution in [0.15, 0.2) is 82.6 Å². The molecule has 0 radical (unpaired) electrons. The predicted molar refractivity (Wildman–Crippen MR) is 111 cm³/mol. The number of rotatable bonds is 7. The number of benzene rings is 2. The van der Waals surface area contributed by atoms with Gasteiger partial charge in [0.25, 0.3) is 0 Å². The summed E-state index contributed by atoms with van der Waals surface area (Å²) in [6.45, 7) is 0.429. The Morgan fingerprint density at radius 3 is 2.55 bits per heavy atom. The molecule has 29 heavy (non-hydrogen) atoms. The Bertz CT molecular complexity index is 1080. The number of phenolic OH excluding ortho intramolecular Hbond substituents is 1. The van der Waals surface area contributed by atoms with Crippen molar-refractivity contribution in [3.63, 3.8) is 0 Å². The topological polar surface area (TPSA) is 93.2 Å². The molecule has 0 bridgehead atoms. The van der Waals surface area contributed by atoms with E-state index in [1.165, 1.54) is 11.8 Å². The van der Waals surface area contributed by atoms with E-state index in [9.17, 15) is 9.90 Å². The van der Waals surface area contributed by atoms with Crippen molar-refractivity contribution in [2.24, 2.45) is 0 Å². The number of hydrogen-bond donors (Lipinski definition) is 2. The van der Waals surface area contributed by atoms with E-state index in [1.54, 1.807) is 30.5 Å². The number of carbonyl (C=O) groups is 1. The zero-order valence-corrected chi connectivity index (χ0v) is 16.2. The lowest BCUT2D eigenvalue weighted by Gasteiger charge is -2.09. The molecule has 0 fully saturated rings. The zero-order valence-electron chi connectivity index (χ0n) is 15.4. The molecule has 4 rings (SSSR count). The van der Waals surface area contributed by atoms with E-state index in [2.05, 4.69) is 15.5 Å². The van der Waals surface area contributed by atoms with E-state index in [0.29, 0.717) is 17.5 Å². The van der Waals surface area contributed by atoms with Gasteiger partial charge < -0.3 is 14.8 Å². The smallest absolute Gasteiger partial charge is 0.234 e. The number of carbonyl (C=O) groups excluding carboxylic acids is 1. The zero-order chi connectivity index (χ0) is 20.1. The Labute approximate surface area is 171 Å². The number of hydrogen-bond acceptors (Lipinski definition) is 6. The Morgan fingerprint density at radius 1 is 1.03 bits per heavy atom. The average molecular weight is 406 g/mol. The summed E-state index contributed by atoms with van der Waals surface area (Å²) < 4.78 is 7.37. The number of nitrogens with one attached hydrogen (secondary N) is 1. The maximum atomic E-state index is 12.3. The highest BCUT2D eigenvalue weighted by atomic mass is 32.2. The fourth-order valence-electron chi connectivity index (χ4n) is 2.77. The second-order valence-electron chi connectivity index (χ2n) is 6.22. The Hall–Kier alpha value is -3.52. The van der Waals surface area contributed by atoms with Crippen LogP contribution in [-0.2, 0) is 11.3 Å². The molecule has 0 unspecified atom stereocenters. The highest BCUT2D eigenvalue weighted by Gasteiger charge is 2.17. The van der Waals surface area contributed by atoms with Crippen LogP contribution in [0.4, 0.5) is 5.69 Å². The van der Waals surface area contributed by atoms with Gasteiger partial charge in [-0.05, 0) is 48.5 Å². The molecule has 2 aromatic carbocycles. The van der Waals surface area contributed by atoms with Crippen LogP contribution in [0.5, 0.6) is 5.75 Å². The molecule has 146 valence electrons. The fraction of sp³-hybridized carbons (Fsp3) is 0.0952. The molecule has 0 saturated heterocycles. The van der Waals surface area contributed by atoms with Gasteiger partial charge >= 0.3 is 0 Å². The second-order valence-corrected chi connectivity index (χ2v) is 7.16. The third kappa shape index (κ3) is 4.67. The van der Waals surface area contributed by atoms with Crippen molar-refractivity contribution in [3.05, 3.63) is 78.8 Å². The number of aromatic nitrogens is 3. The second kappa shape index (κ2) is 8.66. The number of amides is 1. The molecule has 0 aliphatic rings. The Morgan fingerprint density at radius 2 is 1.83 bits per heavy atom. The third-order valence-corrected chi connectivity index (χ3v) is 5.09. The van der Waals surface area contributed by atoms with Crippen molar-refractivity contribution < 1.29 is 14.3 Å². The molecule has 2 aromatic heterocycles. The van der Waals surface area contributed by atoms with Crippen molar-refractivity contribution in [2.75, 3.05) is 11.1 Å². The highest BCUT2D eigenvalue weighted by molar-refractivity contribution is 7.99. The molecule has 0 saturated carbocycles. The number of thioether (sulfide) groups is 1. The van der Waals surface area contributed by atoms with Crippen LogP contribution in [0.25, 0.3) is 11.4 Å². The van der Waals surface area contributed by atoms with Crippen LogP contribution < -0.4 is 5.32 Å². The van der Waals surface area contributed by atoms with E-state index < -0.39 is 0 Å². The summed E-state index contributed by atoms with van der Waals surface area (Å²) >= 11 is 1.30. The summed E-state index contributed by atoms with van der Waals surface area (Å²) in [5, 5.41) is 21.6. The normalized spacial score (nSPS) is 10.8. The first kappa shape index (κ1) is 18.8. The summed E-state index contributed by atoms with van der Waals surface area (Å²) in [5.74, 6) is 1.63. The van der Waals surface area contributed by atoms with E-state index in [0.717, 1.165) is 17.0 Å². The first-order valence-corrected chi connectivity index (χ1v) is 9.90. The minimum Gasteiger partial charge on any atom is -0.508 e. The van der Waals surface area contributed by atoms with Gasteiger partial charge in [-0.3, -0.25) is 9.36 Å². The quantitative estimate of drug-likeness (QED) is 0.450. The van der Waals surface area contributed by atoms with Crippen LogP contribution >= 0.6 is 11.8 Å². The molecular formula is C21H18N4O3S. The molecule has 1 amide bonds. The van der Waals surface area contributed by atoms with Gasteiger partial charge in [0, 0.05) is 11.3 Å². The van der Waals surface area contributed by atoms with Crippen molar-refractivity contribution in [1.29, 1.82) is 0 Å². The Kier molecular flexibility index (Phi) is 5.62. The van der Waals surface area contributed by atoms with Crippen LogP contribution in [-0.4, -0.2) is 31.5 Å². The van der Waals surface area contributed by atoms with E-state index in [4.69, 9.17) is 4.42 Å². The number of furan rings is 1. The lowest BCUT2D eigenvalue weighted by molar-refractivity contribution is -0.113. The van der Waals surface area contributed by atoms with Crippen LogP contribution in [0.1, 0.15) is 5.76 Å². The molecule has 2 N–H and O–H groups in total. The first-order valence-electron chi connectivity index (χ1n) is 8.92. The number of aromatic hydroxyl groups is 1. The molecule has 0 atom stereocenters. The monoisotopic (exact) mass is 406 g/mol. The minimum absolute atomic E-state index is 0.125. The van der Waals surface area contributed by atoms with Gasteiger partial charge in [-0.2, -0.15) is 0 Å². The van der Waals surface area contributed by atoms with Gasteiger partial charge in [0.1, 0.15) is 11.5 Å². The van der Waals surface area contributed by atoms with Gasteiger partial charge in [-0.25, -0.2) is 0 Å². The minimum atomic E-state index is -0.125. The maximum absolute atomic E-state index is 12.3. The number of para-hydroxylation sites is 1. The van der Waals surface area contributed by atoms with Crippen molar-refractivity contribution >= 4 is 23.4 Å². The molecule has 0 spiro atoms.